The quantitative estimate of drug-likeness (QED) is 0.639. The van der Waals surface area contributed by atoms with Crippen LogP contribution in [0.1, 0.15) is 27.7 Å². The number of rotatable bonds is 4. The summed E-state index contributed by atoms with van der Waals surface area (Å²) in [6.07, 6.45) is 0.0921. The molecule has 72 valence electrons. The minimum absolute atomic E-state index is 0.00583. The molecule has 0 fully saturated rings. The Morgan fingerprint density at radius 3 is 2.25 bits per heavy atom. The van der Waals surface area contributed by atoms with E-state index in [1.807, 2.05) is 27.7 Å². The van der Waals surface area contributed by atoms with E-state index in [0.29, 0.717) is 0 Å². The smallest absolute Gasteiger partial charge is 0.308 e. The Kier molecular flexibility index (Phi) is 6.20. The van der Waals surface area contributed by atoms with Gasteiger partial charge in [0, 0.05) is 13.1 Å². The van der Waals surface area contributed by atoms with E-state index in [4.69, 9.17) is 4.18 Å². The van der Waals surface area contributed by atoms with Gasteiger partial charge in [0.05, 0.1) is 18.1 Å². The van der Waals surface area contributed by atoms with Crippen LogP contribution in [0.25, 0.3) is 0 Å². The first-order valence-corrected chi connectivity index (χ1v) is 4.98. The molecule has 0 atom stereocenters. The highest BCUT2D eigenvalue weighted by Crippen LogP contribution is 2.12. The second-order valence-electron chi connectivity index (χ2n) is 2.67. The molecule has 0 N–H and O–H groups in total. The number of nitrogens with zero attached hydrogens (tertiary/aromatic N) is 1. The molecular weight excluding hydrogens is 174 g/mol. The monoisotopic (exact) mass is 191 g/mol. The van der Waals surface area contributed by atoms with Crippen molar-refractivity contribution in [3.63, 3.8) is 0 Å². The van der Waals surface area contributed by atoms with Crippen LogP contribution in [-0.4, -0.2) is 29.3 Å². The van der Waals surface area contributed by atoms with Crippen LogP contribution < -0.4 is 0 Å². The molecule has 0 spiro atoms. The zero-order valence-corrected chi connectivity index (χ0v) is 8.98. The fourth-order valence-corrected chi connectivity index (χ4v) is 1.31. The van der Waals surface area contributed by atoms with E-state index in [1.54, 1.807) is 4.90 Å². The third kappa shape index (κ3) is 4.62. The second kappa shape index (κ2) is 6.31. The molecule has 0 saturated heterocycles. The van der Waals surface area contributed by atoms with Gasteiger partial charge in [0.15, 0.2) is 0 Å². The molecule has 1 amide bonds. The summed E-state index contributed by atoms with van der Waals surface area (Å²) in [5, 5.41) is -0.00583. The highest BCUT2D eigenvalue weighted by molar-refractivity contribution is 8.09. The molecule has 0 rings (SSSR count). The first-order chi connectivity index (χ1) is 5.61. The van der Waals surface area contributed by atoms with E-state index in [2.05, 4.69) is 0 Å². The first-order valence-electron chi connectivity index (χ1n) is 4.24. The predicted molar refractivity (Wildman–Crippen MR) is 52.1 cm³/mol. The van der Waals surface area contributed by atoms with Crippen molar-refractivity contribution in [3.8, 4) is 0 Å². The minimum Gasteiger partial charge on any atom is -0.332 e. The molecule has 0 aliphatic heterocycles. The Balaban J connectivity index is 3.69. The van der Waals surface area contributed by atoms with Gasteiger partial charge in [0.1, 0.15) is 0 Å². The molecule has 0 unspecified atom stereocenters. The van der Waals surface area contributed by atoms with Gasteiger partial charge in [-0.3, -0.25) is 4.79 Å². The van der Waals surface area contributed by atoms with Gasteiger partial charge in [-0.15, -0.1) is 0 Å². The topological polar surface area (TPSA) is 29.5 Å². The van der Waals surface area contributed by atoms with Crippen LogP contribution in [-0.2, 0) is 4.18 Å². The van der Waals surface area contributed by atoms with Crippen molar-refractivity contribution in [2.24, 2.45) is 0 Å². The van der Waals surface area contributed by atoms with Gasteiger partial charge in [-0.2, -0.15) is 0 Å². The number of amides is 1. The van der Waals surface area contributed by atoms with E-state index >= 15 is 0 Å². The summed E-state index contributed by atoms with van der Waals surface area (Å²) < 4.78 is 5.11. The summed E-state index contributed by atoms with van der Waals surface area (Å²) >= 11 is 0.929. The number of carbonyl (C=O) groups excluding carboxylic acids is 1. The van der Waals surface area contributed by atoms with Crippen molar-refractivity contribution in [3.05, 3.63) is 0 Å². The Hall–Kier alpha value is -0.220. The van der Waals surface area contributed by atoms with Crippen molar-refractivity contribution in [2.75, 3.05) is 13.1 Å². The van der Waals surface area contributed by atoms with Crippen LogP contribution in [0.5, 0.6) is 0 Å². The maximum atomic E-state index is 11.3. The lowest BCUT2D eigenvalue weighted by Crippen LogP contribution is -2.27. The standard InChI is InChI=1S/C8H17NO2S/c1-5-9(6-2)8(10)12-11-7(3)4/h7H,5-6H2,1-4H3. The van der Waals surface area contributed by atoms with Crippen LogP contribution in [0.2, 0.25) is 0 Å². The van der Waals surface area contributed by atoms with E-state index in [1.165, 1.54) is 0 Å². The largest absolute Gasteiger partial charge is 0.332 e. The second-order valence-corrected chi connectivity index (χ2v) is 3.37. The summed E-state index contributed by atoms with van der Waals surface area (Å²) in [6, 6.07) is 0. The van der Waals surface area contributed by atoms with Crippen molar-refractivity contribution in [1.82, 2.24) is 4.90 Å². The third-order valence-electron chi connectivity index (χ3n) is 1.33. The van der Waals surface area contributed by atoms with Gasteiger partial charge in [-0.05, 0) is 27.7 Å². The lowest BCUT2D eigenvalue weighted by Gasteiger charge is -2.17. The molecule has 0 aromatic carbocycles. The van der Waals surface area contributed by atoms with Crippen molar-refractivity contribution in [2.45, 2.75) is 33.8 Å². The third-order valence-corrected chi connectivity index (χ3v) is 2.22. The maximum absolute atomic E-state index is 11.3. The van der Waals surface area contributed by atoms with Gasteiger partial charge < -0.3 is 9.08 Å². The lowest BCUT2D eigenvalue weighted by molar-refractivity contribution is 0.222. The molecular formula is C8H17NO2S. The van der Waals surface area contributed by atoms with Crippen molar-refractivity contribution >= 4 is 17.3 Å². The lowest BCUT2D eigenvalue weighted by atomic mass is 10.5. The number of carbonyl (C=O) groups is 1. The average molecular weight is 191 g/mol. The fourth-order valence-electron chi connectivity index (χ4n) is 0.672. The minimum atomic E-state index is -0.00583. The summed E-state index contributed by atoms with van der Waals surface area (Å²) in [5.41, 5.74) is 0. The van der Waals surface area contributed by atoms with E-state index in [-0.39, 0.29) is 11.3 Å². The molecule has 0 aromatic heterocycles. The summed E-state index contributed by atoms with van der Waals surface area (Å²) in [6.45, 7) is 9.20. The van der Waals surface area contributed by atoms with Crippen LogP contribution in [0.15, 0.2) is 0 Å². The molecule has 3 nitrogen and oxygen atoms in total. The van der Waals surface area contributed by atoms with Gasteiger partial charge in [-0.1, -0.05) is 0 Å². The fraction of sp³-hybridized carbons (Fsp3) is 0.875. The molecule has 0 heterocycles. The molecule has 0 saturated carbocycles. The molecule has 12 heavy (non-hydrogen) atoms. The van der Waals surface area contributed by atoms with Gasteiger partial charge in [0.25, 0.3) is 0 Å². The Labute approximate surface area is 78.7 Å². The summed E-state index contributed by atoms with van der Waals surface area (Å²) in [7, 11) is 0. The SMILES string of the molecule is CCN(CC)C(=O)SOC(C)C. The zero-order valence-electron chi connectivity index (χ0n) is 8.16. The maximum Gasteiger partial charge on any atom is 0.308 e. The Bertz CT molecular complexity index is 135. The Morgan fingerprint density at radius 1 is 1.42 bits per heavy atom. The van der Waals surface area contributed by atoms with Crippen LogP contribution in [0.3, 0.4) is 0 Å². The molecule has 0 aliphatic rings. The summed E-state index contributed by atoms with van der Waals surface area (Å²) in [4.78, 5) is 13.0. The van der Waals surface area contributed by atoms with Gasteiger partial charge in [0.2, 0.25) is 0 Å². The highest BCUT2D eigenvalue weighted by atomic mass is 32.2. The molecule has 0 aliphatic carbocycles. The highest BCUT2D eigenvalue weighted by Gasteiger charge is 2.11. The van der Waals surface area contributed by atoms with E-state index in [0.717, 1.165) is 25.1 Å². The van der Waals surface area contributed by atoms with Gasteiger partial charge >= 0.3 is 5.24 Å². The first kappa shape index (κ1) is 11.8. The predicted octanol–water partition coefficient (Wildman–Crippen LogP) is 2.52. The average Bonchev–Trinajstić information content (AvgIpc) is 2.03. The van der Waals surface area contributed by atoms with Crippen LogP contribution in [0, 0.1) is 0 Å². The number of hydrogen-bond donors (Lipinski definition) is 0. The number of hydrogen-bond acceptors (Lipinski definition) is 3. The molecule has 0 bridgehead atoms. The van der Waals surface area contributed by atoms with Crippen molar-refractivity contribution in [1.29, 1.82) is 0 Å². The van der Waals surface area contributed by atoms with Crippen LogP contribution in [0.4, 0.5) is 4.79 Å². The normalized spacial score (nSPS) is 10.4. The van der Waals surface area contributed by atoms with Crippen molar-refractivity contribution < 1.29 is 8.98 Å². The Morgan fingerprint density at radius 2 is 1.92 bits per heavy atom. The molecule has 0 aromatic rings. The van der Waals surface area contributed by atoms with Gasteiger partial charge in [-0.25, -0.2) is 0 Å². The van der Waals surface area contributed by atoms with E-state index < -0.39 is 0 Å². The van der Waals surface area contributed by atoms with Crippen LogP contribution >= 0.6 is 12.0 Å². The summed E-state index contributed by atoms with van der Waals surface area (Å²) in [5.74, 6) is 0. The molecule has 4 heteroatoms. The zero-order chi connectivity index (χ0) is 9.56. The van der Waals surface area contributed by atoms with E-state index in [9.17, 15) is 4.79 Å². The molecule has 0 radical (unpaired) electrons.